The van der Waals surface area contributed by atoms with E-state index in [1.54, 1.807) is 6.92 Å². The summed E-state index contributed by atoms with van der Waals surface area (Å²) in [6.07, 6.45) is 1.29. The second kappa shape index (κ2) is 4.54. The van der Waals surface area contributed by atoms with Gasteiger partial charge in [-0.25, -0.2) is 0 Å². The Balaban J connectivity index is 0.000000671. The van der Waals surface area contributed by atoms with Gasteiger partial charge in [0.15, 0.2) is 0 Å². The van der Waals surface area contributed by atoms with Crippen molar-refractivity contribution in [2.45, 2.75) is 47.5 Å². The average molecular weight is 184 g/mol. The van der Waals surface area contributed by atoms with Crippen molar-refractivity contribution >= 4 is 11.6 Å². The molecule has 0 aliphatic heterocycles. The second-order valence-electron chi connectivity index (χ2n) is 3.94. The summed E-state index contributed by atoms with van der Waals surface area (Å²) in [4.78, 5) is 22.5. The normalized spacial score (nSPS) is 26.4. The third-order valence-electron chi connectivity index (χ3n) is 2.54. The lowest BCUT2D eigenvalue weighted by Crippen LogP contribution is -2.39. The molecule has 1 aliphatic carbocycles. The maximum Gasteiger partial charge on any atom is 0.148 e. The number of rotatable bonds is 0. The number of hydrogen-bond acceptors (Lipinski definition) is 2. The molecular weight excluding hydrogens is 164 g/mol. The first-order valence-electron chi connectivity index (χ1n) is 5.02. The molecule has 0 bridgehead atoms. The second-order valence-corrected chi connectivity index (χ2v) is 3.94. The quantitative estimate of drug-likeness (QED) is 0.542. The van der Waals surface area contributed by atoms with Crippen LogP contribution in [0.2, 0.25) is 0 Å². The van der Waals surface area contributed by atoms with E-state index < -0.39 is 0 Å². The third-order valence-corrected chi connectivity index (χ3v) is 2.54. The highest BCUT2D eigenvalue weighted by Crippen LogP contribution is 2.32. The van der Waals surface area contributed by atoms with Gasteiger partial charge in [-0.1, -0.05) is 27.7 Å². The van der Waals surface area contributed by atoms with Crippen molar-refractivity contribution in [3.8, 4) is 0 Å². The van der Waals surface area contributed by atoms with E-state index in [2.05, 4.69) is 0 Å². The van der Waals surface area contributed by atoms with Gasteiger partial charge in [0.1, 0.15) is 11.6 Å². The molecule has 1 aliphatic rings. The van der Waals surface area contributed by atoms with E-state index in [4.69, 9.17) is 0 Å². The lowest BCUT2D eigenvalue weighted by Gasteiger charge is -2.30. The van der Waals surface area contributed by atoms with Gasteiger partial charge in [0.25, 0.3) is 0 Å². The minimum absolute atomic E-state index is 0.105. The van der Waals surface area contributed by atoms with Crippen LogP contribution in [0.4, 0.5) is 0 Å². The van der Waals surface area contributed by atoms with Crippen molar-refractivity contribution in [1.82, 2.24) is 0 Å². The summed E-state index contributed by atoms with van der Waals surface area (Å²) in [5, 5.41) is 0. The van der Waals surface area contributed by atoms with Gasteiger partial charge in [0.2, 0.25) is 0 Å². The highest BCUT2D eigenvalue weighted by Gasteiger charge is 2.39. The maximum atomic E-state index is 11.4. The van der Waals surface area contributed by atoms with Gasteiger partial charge in [0, 0.05) is 11.8 Å². The minimum Gasteiger partial charge on any atom is -0.299 e. The van der Waals surface area contributed by atoms with Crippen molar-refractivity contribution in [2.24, 2.45) is 11.3 Å². The van der Waals surface area contributed by atoms with Crippen LogP contribution in [0, 0.1) is 11.3 Å². The molecular formula is C11H20O2. The lowest BCUT2D eigenvalue weighted by atomic mass is 9.71. The van der Waals surface area contributed by atoms with Crippen molar-refractivity contribution in [1.29, 1.82) is 0 Å². The summed E-state index contributed by atoms with van der Waals surface area (Å²) in [5.41, 5.74) is -0.271. The molecule has 0 heterocycles. The Kier molecular flexibility index (Phi) is 4.31. The van der Waals surface area contributed by atoms with Crippen LogP contribution in [0.1, 0.15) is 47.5 Å². The molecule has 0 spiro atoms. The Bertz CT molecular complexity index is 204. The Hall–Kier alpha value is -0.660. The molecule has 0 aromatic heterocycles. The minimum atomic E-state index is -0.362. The van der Waals surface area contributed by atoms with Gasteiger partial charge < -0.3 is 0 Å². The number of carbonyl (C=O) groups is 2. The Morgan fingerprint density at radius 2 is 1.69 bits per heavy atom. The zero-order valence-electron chi connectivity index (χ0n) is 9.31. The molecule has 2 nitrogen and oxygen atoms in total. The molecule has 1 saturated carbocycles. The molecule has 1 unspecified atom stereocenters. The molecule has 1 fully saturated rings. The topological polar surface area (TPSA) is 34.1 Å². The largest absolute Gasteiger partial charge is 0.299 e. The van der Waals surface area contributed by atoms with Crippen LogP contribution in [-0.2, 0) is 9.59 Å². The summed E-state index contributed by atoms with van der Waals surface area (Å²) in [6, 6.07) is 0. The molecule has 0 radical (unpaired) electrons. The average Bonchev–Trinajstić information content (AvgIpc) is 2.13. The van der Waals surface area contributed by atoms with E-state index in [1.165, 1.54) is 0 Å². The third kappa shape index (κ3) is 2.64. The van der Waals surface area contributed by atoms with Crippen molar-refractivity contribution in [2.75, 3.05) is 0 Å². The Morgan fingerprint density at radius 3 is 2.08 bits per heavy atom. The summed E-state index contributed by atoms with van der Waals surface area (Å²) in [5.74, 6) is -0.151. The van der Waals surface area contributed by atoms with E-state index in [1.807, 2.05) is 27.7 Å². The van der Waals surface area contributed by atoms with Gasteiger partial charge in [-0.05, 0) is 13.3 Å². The smallest absolute Gasteiger partial charge is 0.148 e. The van der Waals surface area contributed by atoms with E-state index in [-0.39, 0.29) is 22.9 Å². The van der Waals surface area contributed by atoms with Gasteiger partial charge in [0.05, 0.1) is 5.92 Å². The van der Waals surface area contributed by atoms with Gasteiger partial charge >= 0.3 is 0 Å². The van der Waals surface area contributed by atoms with Crippen molar-refractivity contribution < 1.29 is 9.59 Å². The summed E-state index contributed by atoms with van der Waals surface area (Å²) >= 11 is 0. The van der Waals surface area contributed by atoms with Crippen LogP contribution in [0.5, 0.6) is 0 Å². The highest BCUT2D eigenvalue weighted by molar-refractivity contribution is 6.06. The lowest BCUT2D eigenvalue weighted by molar-refractivity contribution is -0.142. The molecule has 1 rings (SSSR count). The summed E-state index contributed by atoms with van der Waals surface area (Å²) < 4.78 is 0. The molecule has 0 amide bonds. The van der Waals surface area contributed by atoms with Crippen LogP contribution in [0.25, 0.3) is 0 Å². The van der Waals surface area contributed by atoms with Crippen LogP contribution >= 0.6 is 0 Å². The molecule has 1 atom stereocenters. The van der Waals surface area contributed by atoms with Gasteiger partial charge in [-0.3, -0.25) is 9.59 Å². The number of carbonyl (C=O) groups excluding carboxylic acids is 2. The number of ketones is 2. The first-order valence-corrected chi connectivity index (χ1v) is 5.02. The van der Waals surface area contributed by atoms with Crippen LogP contribution in [0.15, 0.2) is 0 Å². The summed E-state index contributed by atoms with van der Waals surface area (Å²) in [7, 11) is 0. The van der Waals surface area contributed by atoms with E-state index >= 15 is 0 Å². The Morgan fingerprint density at radius 1 is 1.23 bits per heavy atom. The molecule has 76 valence electrons. The van der Waals surface area contributed by atoms with Crippen LogP contribution in [0.3, 0.4) is 0 Å². The van der Waals surface area contributed by atoms with Gasteiger partial charge in [-0.2, -0.15) is 0 Å². The van der Waals surface area contributed by atoms with E-state index in [0.717, 1.165) is 6.42 Å². The molecule has 0 N–H and O–H groups in total. The fraction of sp³-hybridized carbons (Fsp3) is 0.818. The first-order chi connectivity index (χ1) is 5.95. The summed E-state index contributed by atoms with van der Waals surface area (Å²) in [6.45, 7) is 9.54. The Labute approximate surface area is 80.7 Å². The number of Topliss-reactive ketones (excluding diaryl/α,β-unsaturated/α-hetero) is 2. The van der Waals surface area contributed by atoms with Crippen LogP contribution in [-0.4, -0.2) is 11.6 Å². The SMILES string of the molecule is CC.CC1C(=O)CCC(C)(C)C1=O. The standard InChI is InChI=1S/C9H14O2.C2H6/c1-6-7(10)4-5-9(2,3)8(6)11;1-2/h6H,4-5H2,1-3H3;1-2H3. The fourth-order valence-corrected chi connectivity index (χ4v) is 1.51. The zero-order chi connectivity index (χ0) is 10.6. The van der Waals surface area contributed by atoms with Crippen LogP contribution < -0.4 is 0 Å². The fourth-order valence-electron chi connectivity index (χ4n) is 1.51. The number of hydrogen-bond donors (Lipinski definition) is 0. The van der Waals surface area contributed by atoms with Crippen molar-refractivity contribution in [3.63, 3.8) is 0 Å². The predicted molar refractivity (Wildman–Crippen MR) is 53.5 cm³/mol. The molecule has 0 saturated heterocycles. The molecule has 13 heavy (non-hydrogen) atoms. The van der Waals surface area contributed by atoms with E-state index in [9.17, 15) is 9.59 Å². The van der Waals surface area contributed by atoms with Crippen molar-refractivity contribution in [3.05, 3.63) is 0 Å². The molecule has 0 aromatic rings. The predicted octanol–water partition coefficient (Wildman–Crippen LogP) is 2.61. The zero-order valence-corrected chi connectivity index (χ0v) is 9.31. The highest BCUT2D eigenvalue weighted by atomic mass is 16.2. The molecule has 0 aromatic carbocycles. The maximum absolute atomic E-state index is 11.4. The van der Waals surface area contributed by atoms with E-state index in [0.29, 0.717) is 6.42 Å². The first kappa shape index (κ1) is 12.3. The van der Waals surface area contributed by atoms with Gasteiger partial charge in [-0.15, -0.1) is 0 Å². The molecule has 2 heteroatoms. The monoisotopic (exact) mass is 184 g/mol.